The number of rotatable bonds is 0. The van der Waals surface area contributed by atoms with Crippen LogP contribution in [0.15, 0.2) is 0 Å². The van der Waals surface area contributed by atoms with E-state index in [4.69, 9.17) is 11.1 Å². The van der Waals surface area contributed by atoms with Crippen LogP contribution >= 0.6 is 0 Å². The van der Waals surface area contributed by atoms with Gasteiger partial charge in [0.2, 0.25) is 5.96 Å². The number of hydrogen-bond acceptors (Lipinski definition) is 1. The van der Waals surface area contributed by atoms with Crippen molar-refractivity contribution in [2.45, 2.75) is 19.3 Å². The van der Waals surface area contributed by atoms with Crippen LogP contribution in [0.1, 0.15) is 19.3 Å². The van der Waals surface area contributed by atoms with E-state index in [-0.39, 0.29) is 5.96 Å². The van der Waals surface area contributed by atoms with Crippen LogP contribution in [0, 0.1) is 5.41 Å². The Hall–Kier alpha value is -0.730. The van der Waals surface area contributed by atoms with E-state index in [0.717, 1.165) is 25.9 Å². The van der Waals surface area contributed by atoms with Crippen LogP contribution in [0.25, 0.3) is 0 Å². The first-order valence-electron chi connectivity index (χ1n) is 3.36. The van der Waals surface area contributed by atoms with E-state index in [1.807, 2.05) is 4.90 Å². The monoisotopic (exact) mass is 126 g/mol. The highest BCUT2D eigenvalue weighted by atomic mass is 15.2. The van der Waals surface area contributed by atoms with Gasteiger partial charge in [-0.25, -0.2) is 0 Å². The maximum atomic E-state index is 6.98. The summed E-state index contributed by atoms with van der Waals surface area (Å²) in [6.45, 7) is 1.84. The lowest BCUT2D eigenvalue weighted by Gasteiger charge is -2.25. The smallest absolute Gasteiger partial charge is 0.210 e. The maximum absolute atomic E-state index is 6.98. The fourth-order valence-corrected chi connectivity index (χ4v) is 1.12. The molecule has 1 heterocycles. The molecule has 51 valence electrons. The molecule has 0 spiro atoms. The van der Waals surface area contributed by atoms with Crippen molar-refractivity contribution in [1.29, 1.82) is 5.41 Å². The summed E-state index contributed by atoms with van der Waals surface area (Å²) in [6, 6.07) is 0. The predicted molar refractivity (Wildman–Crippen MR) is 36.2 cm³/mol. The highest BCUT2D eigenvalue weighted by molar-refractivity contribution is 5.73. The molecule has 0 aromatic heterocycles. The Labute approximate surface area is 55.3 Å². The van der Waals surface area contributed by atoms with Crippen LogP contribution in [0.4, 0.5) is 0 Å². The van der Waals surface area contributed by atoms with Gasteiger partial charge in [0.1, 0.15) is 0 Å². The van der Waals surface area contributed by atoms with Crippen LogP contribution in [-0.2, 0) is 0 Å². The van der Waals surface area contributed by atoms with E-state index < -0.39 is 0 Å². The topological polar surface area (TPSA) is 50.9 Å². The second kappa shape index (κ2) is 2.71. The minimum Gasteiger partial charge on any atom is -0.342 e. The van der Waals surface area contributed by atoms with Crippen molar-refractivity contribution in [2.24, 2.45) is 0 Å². The van der Waals surface area contributed by atoms with E-state index in [1.165, 1.54) is 6.42 Å². The first-order valence-corrected chi connectivity index (χ1v) is 3.36. The molecular weight excluding hydrogens is 114 g/mol. The van der Waals surface area contributed by atoms with Gasteiger partial charge in [-0.2, -0.15) is 0 Å². The summed E-state index contributed by atoms with van der Waals surface area (Å²) < 4.78 is 0. The van der Waals surface area contributed by atoms with Gasteiger partial charge in [0.05, 0.1) is 0 Å². The van der Waals surface area contributed by atoms with Gasteiger partial charge in [0.25, 0.3) is 0 Å². The molecular formula is C6H12N3. The van der Waals surface area contributed by atoms with Crippen LogP contribution < -0.4 is 5.73 Å². The number of hydrogen-bond donors (Lipinski definition) is 1. The number of likely N-dealkylation sites (tertiary alicyclic amines) is 1. The molecule has 0 bridgehead atoms. The largest absolute Gasteiger partial charge is 0.342 e. The molecule has 1 fully saturated rings. The lowest BCUT2D eigenvalue weighted by molar-refractivity contribution is 0.336. The SMILES string of the molecule is [NH]C(=N)N1CCCCC1. The van der Waals surface area contributed by atoms with Crippen molar-refractivity contribution in [2.75, 3.05) is 13.1 Å². The van der Waals surface area contributed by atoms with Gasteiger partial charge in [-0.05, 0) is 19.3 Å². The zero-order chi connectivity index (χ0) is 6.69. The van der Waals surface area contributed by atoms with Crippen molar-refractivity contribution >= 4 is 5.96 Å². The molecule has 0 amide bonds. The molecule has 1 rings (SSSR count). The molecule has 0 atom stereocenters. The van der Waals surface area contributed by atoms with Crippen molar-refractivity contribution in [1.82, 2.24) is 10.6 Å². The van der Waals surface area contributed by atoms with Crippen LogP contribution in [-0.4, -0.2) is 23.9 Å². The van der Waals surface area contributed by atoms with E-state index >= 15 is 0 Å². The van der Waals surface area contributed by atoms with Crippen LogP contribution in [0.5, 0.6) is 0 Å². The summed E-state index contributed by atoms with van der Waals surface area (Å²) in [5.74, 6) is -0.0188. The van der Waals surface area contributed by atoms with Gasteiger partial charge in [0.15, 0.2) is 0 Å². The average molecular weight is 126 g/mol. The van der Waals surface area contributed by atoms with Gasteiger partial charge in [0, 0.05) is 13.1 Å². The zero-order valence-corrected chi connectivity index (χ0v) is 5.48. The van der Waals surface area contributed by atoms with E-state index in [2.05, 4.69) is 0 Å². The minimum atomic E-state index is -0.0188. The van der Waals surface area contributed by atoms with Crippen molar-refractivity contribution in [3.05, 3.63) is 0 Å². The number of guanidine groups is 1. The molecule has 9 heavy (non-hydrogen) atoms. The van der Waals surface area contributed by atoms with Gasteiger partial charge in [-0.1, -0.05) is 0 Å². The molecule has 0 aromatic rings. The second-order valence-corrected chi connectivity index (χ2v) is 2.40. The number of piperidine rings is 1. The second-order valence-electron chi connectivity index (χ2n) is 2.40. The summed E-state index contributed by atoms with van der Waals surface area (Å²) in [4.78, 5) is 1.81. The minimum absolute atomic E-state index is 0.0188. The Morgan fingerprint density at radius 2 is 1.67 bits per heavy atom. The zero-order valence-electron chi connectivity index (χ0n) is 5.48. The summed E-state index contributed by atoms with van der Waals surface area (Å²) in [5.41, 5.74) is 6.98. The molecule has 0 unspecified atom stereocenters. The quantitative estimate of drug-likeness (QED) is 0.377. The fraction of sp³-hybridized carbons (Fsp3) is 0.833. The average Bonchev–Trinajstić information content (AvgIpc) is 1.90. The standard InChI is InChI=1S/C6H12N3/c7-6(8)9-4-2-1-3-5-9/h7-8H,1-5H2. The Morgan fingerprint density at radius 1 is 1.11 bits per heavy atom. The normalized spacial score (nSPS) is 19.8. The Balaban J connectivity index is 2.31. The van der Waals surface area contributed by atoms with Gasteiger partial charge < -0.3 is 4.90 Å². The van der Waals surface area contributed by atoms with Gasteiger partial charge in [-0.15, -0.1) is 0 Å². The molecule has 3 nitrogen and oxygen atoms in total. The molecule has 1 saturated heterocycles. The lowest BCUT2D eigenvalue weighted by Crippen LogP contribution is -2.35. The van der Waals surface area contributed by atoms with Crippen molar-refractivity contribution in [3.63, 3.8) is 0 Å². The maximum Gasteiger partial charge on any atom is 0.210 e. The Morgan fingerprint density at radius 3 is 2.00 bits per heavy atom. The highest BCUT2D eigenvalue weighted by Crippen LogP contribution is 2.07. The van der Waals surface area contributed by atoms with E-state index in [0.29, 0.717) is 0 Å². The van der Waals surface area contributed by atoms with Gasteiger partial charge in [-0.3, -0.25) is 11.1 Å². The first kappa shape index (κ1) is 6.39. The molecule has 0 aliphatic carbocycles. The Kier molecular flexibility index (Phi) is 1.92. The molecule has 2 N–H and O–H groups in total. The number of nitrogens with zero attached hydrogens (tertiary/aromatic N) is 1. The third kappa shape index (κ3) is 1.59. The molecule has 1 radical (unpaired) electrons. The van der Waals surface area contributed by atoms with Gasteiger partial charge >= 0.3 is 0 Å². The third-order valence-corrected chi connectivity index (χ3v) is 1.67. The first-order chi connectivity index (χ1) is 4.30. The van der Waals surface area contributed by atoms with Crippen molar-refractivity contribution < 1.29 is 0 Å². The van der Waals surface area contributed by atoms with E-state index in [9.17, 15) is 0 Å². The Bertz CT molecular complexity index is 105. The molecule has 1 aliphatic heterocycles. The third-order valence-electron chi connectivity index (χ3n) is 1.67. The van der Waals surface area contributed by atoms with Crippen molar-refractivity contribution in [3.8, 4) is 0 Å². The molecule has 0 aromatic carbocycles. The summed E-state index contributed by atoms with van der Waals surface area (Å²) in [7, 11) is 0. The molecule has 1 aliphatic rings. The molecule has 0 saturated carbocycles. The predicted octanol–water partition coefficient (Wildman–Crippen LogP) is 0.690. The van der Waals surface area contributed by atoms with Crippen LogP contribution in [0.2, 0.25) is 0 Å². The van der Waals surface area contributed by atoms with E-state index in [1.54, 1.807) is 0 Å². The van der Waals surface area contributed by atoms with Crippen LogP contribution in [0.3, 0.4) is 0 Å². The molecule has 3 heteroatoms. The lowest BCUT2D eigenvalue weighted by atomic mass is 10.1. The summed E-state index contributed by atoms with van der Waals surface area (Å²) in [5, 5.41) is 6.98. The highest BCUT2D eigenvalue weighted by Gasteiger charge is 2.09. The fourth-order valence-electron chi connectivity index (χ4n) is 1.12. The summed E-state index contributed by atoms with van der Waals surface area (Å²) >= 11 is 0. The number of nitrogens with one attached hydrogen (secondary N) is 2. The summed E-state index contributed by atoms with van der Waals surface area (Å²) in [6.07, 6.45) is 3.58.